The van der Waals surface area contributed by atoms with Crippen molar-refractivity contribution in [2.75, 3.05) is 4.90 Å². The average Bonchev–Trinajstić information content (AvgIpc) is 3.05. The molecule has 94 valence electrons. The monoisotopic (exact) mass is 254 g/mol. The maximum absolute atomic E-state index is 11.9. The lowest BCUT2D eigenvalue weighted by Crippen LogP contribution is -2.32. The second-order valence-corrected chi connectivity index (χ2v) is 4.47. The van der Waals surface area contributed by atoms with Crippen LogP contribution in [0, 0.1) is 0 Å². The Kier molecular flexibility index (Phi) is 1.64. The van der Waals surface area contributed by atoms with Crippen LogP contribution in [-0.4, -0.2) is 6.03 Å². The molecule has 0 spiro atoms. The molecule has 2 unspecified atom stereocenters. The van der Waals surface area contributed by atoms with Crippen LogP contribution in [0.1, 0.15) is 26.0 Å². The fourth-order valence-corrected chi connectivity index (χ4v) is 2.52. The normalized spacial score (nSPS) is 32.1. The molecule has 2 aromatic carbocycles. The standard InChI is InChI=1S/C15H12N2O2/c16-15(18)17-11-7-3-1-5-9(11)13-14(19-13)10-6-2-4-8-12(10)17/h1-8,13-14H,(H2,16,18)/i13D,14D. The molecule has 4 rings (SSSR count). The highest BCUT2D eigenvalue weighted by Crippen LogP contribution is 2.58. The minimum Gasteiger partial charge on any atom is -0.359 e. The fraction of sp³-hybridized carbons (Fsp3) is 0.133. The summed E-state index contributed by atoms with van der Waals surface area (Å²) >= 11 is 0. The maximum Gasteiger partial charge on any atom is 0.323 e. The van der Waals surface area contributed by atoms with Gasteiger partial charge in [-0.1, -0.05) is 36.4 Å². The van der Waals surface area contributed by atoms with Gasteiger partial charge in [0, 0.05) is 11.1 Å². The van der Waals surface area contributed by atoms with Gasteiger partial charge in [0.05, 0.1) is 14.1 Å². The second kappa shape index (κ2) is 3.59. The predicted molar refractivity (Wildman–Crippen MR) is 71.2 cm³/mol. The molecule has 2 N–H and O–H groups in total. The van der Waals surface area contributed by atoms with E-state index in [4.69, 9.17) is 13.2 Å². The molecule has 0 aromatic heterocycles. The molecule has 0 aliphatic carbocycles. The summed E-state index contributed by atoms with van der Waals surface area (Å²) in [5.74, 6) is 0. The third kappa shape index (κ3) is 1.40. The molecule has 1 saturated heterocycles. The third-order valence-corrected chi connectivity index (χ3v) is 3.37. The Morgan fingerprint density at radius 1 is 1.05 bits per heavy atom. The van der Waals surface area contributed by atoms with E-state index in [9.17, 15) is 4.79 Å². The van der Waals surface area contributed by atoms with E-state index in [0.29, 0.717) is 22.5 Å². The van der Waals surface area contributed by atoms with Crippen LogP contribution in [0.4, 0.5) is 16.2 Å². The molecule has 0 radical (unpaired) electrons. The number of para-hydroxylation sites is 2. The highest BCUT2D eigenvalue weighted by atomic mass is 16.6. The van der Waals surface area contributed by atoms with Crippen LogP contribution in [-0.2, 0) is 4.74 Å². The van der Waals surface area contributed by atoms with Crippen molar-refractivity contribution in [1.29, 1.82) is 0 Å². The molecule has 4 heteroatoms. The summed E-state index contributed by atoms with van der Waals surface area (Å²) in [6.45, 7) is 0. The van der Waals surface area contributed by atoms with E-state index in [0.717, 1.165) is 0 Å². The number of hydrogen-bond acceptors (Lipinski definition) is 2. The lowest BCUT2D eigenvalue weighted by Gasteiger charge is -2.23. The first kappa shape index (κ1) is 8.72. The molecule has 2 aliphatic heterocycles. The molecular weight excluding hydrogens is 240 g/mol. The number of rotatable bonds is 0. The molecular formula is C15H12N2O2. The lowest BCUT2D eigenvalue weighted by atomic mass is 10.0. The summed E-state index contributed by atoms with van der Waals surface area (Å²) in [7, 11) is 0. The van der Waals surface area contributed by atoms with Gasteiger partial charge in [0.2, 0.25) is 0 Å². The molecule has 2 amide bonds. The average molecular weight is 254 g/mol. The molecule has 0 saturated carbocycles. The number of hydrogen-bond donors (Lipinski definition) is 1. The van der Waals surface area contributed by atoms with Crippen LogP contribution in [0.5, 0.6) is 0 Å². The van der Waals surface area contributed by atoms with E-state index in [-0.39, 0.29) is 0 Å². The van der Waals surface area contributed by atoms with Crippen molar-refractivity contribution in [1.82, 2.24) is 0 Å². The Balaban J connectivity index is 2.11. The predicted octanol–water partition coefficient (Wildman–Crippen LogP) is 3.03. The number of epoxide rings is 1. The van der Waals surface area contributed by atoms with Gasteiger partial charge >= 0.3 is 6.03 Å². The summed E-state index contributed by atoms with van der Waals surface area (Å²) in [4.78, 5) is 13.3. The van der Waals surface area contributed by atoms with Crippen molar-refractivity contribution in [3.8, 4) is 0 Å². The first-order valence-electron chi connectivity index (χ1n) is 6.98. The Morgan fingerprint density at radius 3 is 2.00 bits per heavy atom. The van der Waals surface area contributed by atoms with Crippen LogP contribution in [0.2, 0.25) is 0 Å². The highest BCUT2D eigenvalue weighted by Gasteiger charge is 2.47. The van der Waals surface area contributed by atoms with Gasteiger partial charge in [0.15, 0.2) is 0 Å². The number of fused-ring (bicyclic) bond motifs is 5. The zero-order valence-electron chi connectivity index (χ0n) is 12.0. The molecule has 2 aromatic rings. The van der Waals surface area contributed by atoms with E-state index in [2.05, 4.69) is 0 Å². The van der Waals surface area contributed by atoms with Crippen LogP contribution in [0.15, 0.2) is 48.5 Å². The van der Waals surface area contributed by atoms with Crippen molar-refractivity contribution < 1.29 is 12.3 Å². The number of amides is 2. The van der Waals surface area contributed by atoms with E-state index in [1.54, 1.807) is 48.5 Å². The van der Waals surface area contributed by atoms with E-state index in [1.807, 2.05) is 0 Å². The minimum absolute atomic E-state index is 0.468. The number of nitrogens with zero attached hydrogens (tertiary/aromatic N) is 1. The highest BCUT2D eigenvalue weighted by molar-refractivity contribution is 6.00. The molecule has 2 atom stereocenters. The lowest BCUT2D eigenvalue weighted by molar-refractivity contribution is 0.256. The number of primary amides is 1. The van der Waals surface area contributed by atoms with Crippen molar-refractivity contribution >= 4 is 17.4 Å². The minimum atomic E-state index is -1.52. The number of anilines is 2. The molecule has 1 fully saturated rings. The Labute approximate surface area is 113 Å². The van der Waals surface area contributed by atoms with Gasteiger partial charge in [-0.25, -0.2) is 4.79 Å². The number of nitrogens with two attached hydrogens (primary N) is 1. The SMILES string of the molecule is [2H]C12OC1([2H])c1ccccc1N(C(N)=O)c1ccccc12. The Bertz CT molecular complexity index is 724. The van der Waals surface area contributed by atoms with Crippen molar-refractivity contribution in [2.24, 2.45) is 5.73 Å². The molecule has 2 heterocycles. The first-order valence-corrected chi connectivity index (χ1v) is 5.98. The molecule has 4 nitrogen and oxygen atoms in total. The topological polar surface area (TPSA) is 58.9 Å². The van der Waals surface area contributed by atoms with E-state index < -0.39 is 18.2 Å². The van der Waals surface area contributed by atoms with Gasteiger partial charge < -0.3 is 10.5 Å². The number of benzene rings is 2. The van der Waals surface area contributed by atoms with Gasteiger partial charge in [0.25, 0.3) is 0 Å². The summed E-state index contributed by atoms with van der Waals surface area (Å²) < 4.78 is 22.5. The zero-order chi connectivity index (χ0) is 14.8. The largest absolute Gasteiger partial charge is 0.359 e. The third-order valence-electron chi connectivity index (χ3n) is 3.37. The van der Waals surface area contributed by atoms with Crippen LogP contribution < -0.4 is 10.6 Å². The van der Waals surface area contributed by atoms with Crippen LogP contribution in [0.25, 0.3) is 0 Å². The van der Waals surface area contributed by atoms with Gasteiger partial charge in [-0.05, 0) is 12.1 Å². The van der Waals surface area contributed by atoms with Crippen molar-refractivity contribution in [2.45, 2.75) is 12.2 Å². The molecule has 0 bridgehead atoms. The van der Waals surface area contributed by atoms with Gasteiger partial charge in [-0.3, -0.25) is 4.90 Å². The van der Waals surface area contributed by atoms with Gasteiger partial charge in [-0.15, -0.1) is 0 Å². The number of carbonyl (C=O) groups excluding carboxylic acids is 1. The zero-order valence-corrected chi connectivity index (χ0v) is 9.96. The summed E-state index contributed by atoms with van der Waals surface area (Å²) in [6, 6.07) is 13.2. The fourth-order valence-electron chi connectivity index (χ4n) is 2.52. The summed E-state index contributed by atoms with van der Waals surface area (Å²) in [6.07, 6.45) is -3.05. The van der Waals surface area contributed by atoms with Gasteiger partial charge in [0.1, 0.15) is 12.2 Å². The molecule has 19 heavy (non-hydrogen) atoms. The maximum atomic E-state index is 11.9. The number of carbonyl (C=O) groups is 1. The number of urea groups is 1. The Morgan fingerprint density at radius 2 is 1.53 bits per heavy atom. The van der Waals surface area contributed by atoms with Crippen LogP contribution >= 0.6 is 0 Å². The summed E-state index contributed by atoms with van der Waals surface area (Å²) in [5, 5.41) is 0. The second-order valence-electron chi connectivity index (χ2n) is 4.47. The number of ether oxygens (including phenoxy) is 1. The van der Waals surface area contributed by atoms with Crippen molar-refractivity contribution in [3.05, 3.63) is 59.7 Å². The Hall–Kier alpha value is -2.33. The quantitative estimate of drug-likeness (QED) is 0.734. The van der Waals surface area contributed by atoms with Crippen molar-refractivity contribution in [3.63, 3.8) is 0 Å². The smallest absolute Gasteiger partial charge is 0.323 e. The molecule has 2 aliphatic rings. The van der Waals surface area contributed by atoms with E-state index in [1.165, 1.54) is 4.90 Å². The first-order chi connectivity index (χ1) is 9.99. The van der Waals surface area contributed by atoms with E-state index >= 15 is 0 Å². The van der Waals surface area contributed by atoms with Gasteiger partial charge in [-0.2, -0.15) is 0 Å². The summed E-state index contributed by atoms with van der Waals surface area (Å²) in [5.41, 5.74) is 7.44. The van der Waals surface area contributed by atoms with Crippen LogP contribution in [0.3, 0.4) is 0 Å².